The summed E-state index contributed by atoms with van der Waals surface area (Å²) in [6.45, 7) is 5.02. The van der Waals surface area contributed by atoms with Gasteiger partial charge in [0.15, 0.2) is 11.5 Å². The van der Waals surface area contributed by atoms with Crippen molar-refractivity contribution in [3.63, 3.8) is 0 Å². The normalized spacial score (nSPS) is 10.8. The van der Waals surface area contributed by atoms with Crippen LogP contribution in [0.2, 0.25) is 0 Å². The van der Waals surface area contributed by atoms with E-state index in [2.05, 4.69) is 23.3 Å². The summed E-state index contributed by atoms with van der Waals surface area (Å²) < 4.78 is 19.2. The van der Waals surface area contributed by atoms with Gasteiger partial charge >= 0.3 is 0 Å². The van der Waals surface area contributed by atoms with Crippen LogP contribution in [0.1, 0.15) is 5.56 Å². The highest BCUT2D eigenvalue weighted by molar-refractivity contribution is 5.81. The van der Waals surface area contributed by atoms with E-state index in [0.29, 0.717) is 24.7 Å². The van der Waals surface area contributed by atoms with Crippen molar-refractivity contribution >= 4 is 11.0 Å². The molecule has 0 spiro atoms. The highest BCUT2D eigenvalue weighted by Gasteiger charge is 2.15. The van der Waals surface area contributed by atoms with Crippen molar-refractivity contribution in [1.29, 1.82) is 0 Å². The SMILES string of the molecule is C=CCc1ccccc1OCCn1c(-c2ccc(OC)c(OC)c2)nc2ccccc21. The predicted molar refractivity (Wildman–Crippen MR) is 124 cm³/mol. The predicted octanol–water partition coefficient (Wildman–Crippen LogP) is 5.53. The molecule has 0 aliphatic heterocycles. The fourth-order valence-electron chi connectivity index (χ4n) is 3.71. The molecule has 0 unspecified atom stereocenters. The first-order valence-corrected chi connectivity index (χ1v) is 10.2. The molecule has 4 aromatic rings. The first-order chi connectivity index (χ1) is 15.2. The lowest BCUT2D eigenvalue weighted by molar-refractivity contribution is 0.298. The van der Waals surface area contributed by atoms with Gasteiger partial charge in [0.05, 0.1) is 31.8 Å². The molecule has 0 saturated heterocycles. The van der Waals surface area contributed by atoms with Crippen molar-refractivity contribution in [3.8, 4) is 28.6 Å². The summed E-state index contributed by atoms with van der Waals surface area (Å²) in [5.74, 6) is 3.12. The molecule has 1 aromatic heterocycles. The van der Waals surface area contributed by atoms with Crippen molar-refractivity contribution in [2.75, 3.05) is 20.8 Å². The van der Waals surface area contributed by atoms with Crippen molar-refractivity contribution in [3.05, 3.63) is 84.9 Å². The van der Waals surface area contributed by atoms with Crippen LogP contribution in [-0.2, 0) is 13.0 Å². The molecule has 0 N–H and O–H groups in total. The fraction of sp³-hybridized carbons (Fsp3) is 0.192. The zero-order valence-electron chi connectivity index (χ0n) is 17.9. The van der Waals surface area contributed by atoms with Gasteiger partial charge in [-0.2, -0.15) is 0 Å². The maximum atomic E-state index is 6.14. The Morgan fingerprint density at radius 2 is 1.68 bits per heavy atom. The van der Waals surface area contributed by atoms with Gasteiger partial charge in [-0.1, -0.05) is 36.4 Å². The van der Waals surface area contributed by atoms with Gasteiger partial charge in [-0.15, -0.1) is 6.58 Å². The maximum Gasteiger partial charge on any atom is 0.161 e. The van der Waals surface area contributed by atoms with Crippen LogP contribution in [0.25, 0.3) is 22.4 Å². The molecule has 0 aliphatic rings. The topological polar surface area (TPSA) is 45.5 Å². The Bertz CT molecular complexity index is 1200. The molecule has 0 bridgehead atoms. The highest BCUT2D eigenvalue weighted by Crippen LogP contribution is 2.33. The summed E-state index contributed by atoms with van der Waals surface area (Å²) in [5.41, 5.74) is 4.10. The Hall–Kier alpha value is -3.73. The lowest BCUT2D eigenvalue weighted by Gasteiger charge is -2.14. The van der Waals surface area contributed by atoms with Gasteiger partial charge in [-0.25, -0.2) is 4.98 Å². The number of fused-ring (bicyclic) bond motifs is 1. The Morgan fingerprint density at radius 3 is 2.48 bits per heavy atom. The third-order valence-electron chi connectivity index (χ3n) is 5.21. The zero-order chi connectivity index (χ0) is 21.6. The number of imidazole rings is 1. The van der Waals surface area contributed by atoms with E-state index in [0.717, 1.165) is 40.2 Å². The van der Waals surface area contributed by atoms with Crippen LogP contribution in [-0.4, -0.2) is 30.4 Å². The summed E-state index contributed by atoms with van der Waals surface area (Å²) in [4.78, 5) is 4.88. The summed E-state index contributed by atoms with van der Waals surface area (Å²) in [7, 11) is 3.27. The zero-order valence-corrected chi connectivity index (χ0v) is 17.9. The standard InChI is InChI=1S/C26H26N2O3/c1-4-9-19-10-5-8-13-23(19)31-17-16-28-22-12-7-6-11-21(22)27-26(28)20-14-15-24(29-2)25(18-20)30-3/h4-8,10-15,18H,1,9,16-17H2,2-3H3. The Morgan fingerprint density at radius 1 is 0.903 bits per heavy atom. The number of ether oxygens (including phenoxy) is 3. The Balaban J connectivity index is 1.66. The largest absolute Gasteiger partial charge is 0.493 e. The Labute approximate surface area is 182 Å². The summed E-state index contributed by atoms with van der Waals surface area (Å²) in [6.07, 6.45) is 2.67. The first kappa shape index (κ1) is 20.5. The molecule has 1 heterocycles. The van der Waals surface area contributed by atoms with E-state index in [1.807, 2.05) is 60.7 Å². The van der Waals surface area contributed by atoms with Gasteiger partial charge in [0.1, 0.15) is 18.2 Å². The van der Waals surface area contributed by atoms with E-state index in [1.165, 1.54) is 0 Å². The lowest BCUT2D eigenvalue weighted by Crippen LogP contribution is -2.10. The van der Waals surface area contributed by atoms with E-state index >= 15 is 0 Å². The number of nitrogens with zero attached hydrogens (tertiary/aromatic N) is 2. The Kier molecular flexibility index (Phi) is 6.22. The van der Waals surface area contributed by atoms with Crippen LogP contribution >= 0.6 is 0 Å². The van der Waals surface area contributed by atoms with E-state index in [4.69, 9.17) is 19.2 Å². The van der Waals surface area contributed by atoms with Crippen LogP contribution in [0.3, 0.4) is 0 Å². The van der Waals surface area contributed by atoms with Crippen LogP contribution in [0.5, 0.6) is 17.2 Å². The van der Waals surface area contributed by atoms with E-state index < -0.39 is 0 Å². The fourth-order valence-corrected chi connectivity index (χ4v) is 3.71. The average Bonchev–Trinajstić information content (AvgIpc) is 3.18. The number of rotatable bonds is 9. The number of aromatic nitrogens is 2. The van der Waals surface area contributed by atoms with Crippen molar-refractivity contribution in [2.24, 2.45) is 0 Å². The van der Waals surface area contributed by atoms with Gasteiger partial charge in [-0.3, -0.25) is 0 Å². The van der Waals surface area contributed by atoms with Crippen molar-refractivity contribution < 1.29 is 14.2 Å². The summed E-state index contributed by atoms with van der Waals surface area (Å²) in [5, 5.41) is 0. The minimum atomic E-state index is 0.523. The average molecular weight is 415 g/mol. The monoisotopic (exact) mass is 414 g/mol. The second-order valence-corrected chi connectivity index (χ2v) is 7.09. The number of para-hydroxylation sites is 3. The molecule has 158 valence electrons. The first-order valence-electron chi connectivity index (χ1n) is 10.2. The molecule has 4 rings (SSSR count). The molecule has 31 heavy (non-hydrogen) atoms. The maximum absolute atomic E-state index is 6.14. The highest BCUT2D eigenvalue weighted by atomic mass is 16.5. The van der Waals surface area contributed by atoms with Crippen molar-refractivity contribution in [2.45, 2.75) is 13.0 Å². The number of benzene rings is 3. The molecule has 0 amide bonds. The minimum absolute atomic E-state index is 0.523. The molecule has 0 fully saturated rings. The smallest absolute Gasteiger partial charge is 0.161 e. The quantitative estimate of drug-likeness (QED) is 0.338. The lowest BCUT2D eigenvalue weighted by atomic mass is 10.1. The van der Waals surface area contributed by atoms with Crippen molar-refractivity contribution in [1.82, 2.24) is 9.55 Å². The van der Waals surface area contributed by atoms with E-state index in [-0.39, 0.29) is 0 Å². The van der Waals surface area contributed by atoms with Gasteiger partial charge in [0.25, 0.3) is 0 Å². The number of methoxy groups -OCH3 is 2. The number of allylic oxidation sites excluding steroid dienone is 1. The third-order valence-corrected chi connectivity index (χ3v) is 5.21. The molecule has 0 radical (unpaired) electrons. The molecule has 0 atom stereocenters. The minimum Gasteiger partial charge on any atom is -0.493 e. The van der Waals surface area contributed by atoms with Gasteiger partial charge < -0.3 is 18.8 Å². The van der Waals surface area contributed by atoms with Crippen LogP contribution < -0.4 is 14.2 Å². The second kappa shape index (κ2) is 9.39. The summed E-state index contributed by atoms with van der Waals surface area (Å²) in [6, 6.07) is 22.1. The van der Waals surface area contributed by atoms with Crippen LogP contribution in [0.15, 0.2) is 79.4 Å². The van der Waals surface area contributed by atoms with Gasteiger partial charge in [-0.05, 0) is 48.4 Å². The number of hydrogen-bond acceptors (Lipinski definition) is 4. The van der Waals surface area contributed by atoms with Crippen LogP contribution in [0.4, 0.5) is 0 Å². The second-order valence-electron chi connectivity index (χ2n) is 7.09. The molecular weight excluding hydrogens is 388 g/mol. The summed E-state index contributed by atoms with van der Waals surface area (Å²) >= 11 is 0. The molecule has 5 heteroatoms. The molecule has 5 nitrogen and oxygen atoms in total. The molecule has 0 aliphatic carbocycles. The van der Waals surface area contributed by atoms with Gasteiger partial charge in [0, 0.05) is 5.56 Å². The number of hydrogen-bond donors (Lipinski definition) is 0. The molecular formula is C26H26N2O3. The molecule has 3 aromatic carbocycles. The van der Waals surface area contributed by atoms with Crippen LogP contribution in [0, 0.1) is 0 Å². The van der Waals surface area contributed by atoms with Gasteiger partial charge in [0.2, 0.25) is 0 Å². The van der Waals surface area contributed by atoms with E-state index in [1.54, 1.807) is 14.2 Å². The molecule has 0 saturated carbocycles. The third kappa shape index (κ3) is 4.26. The van der Waals surface area contributed by atoms with E-state index in [9.17, 15) is 0 Å².